The molecule has 0 saturated carbocycles. The zero-order chi connectivity index (χ0) is 18.1. The fraction of sp³-hybridized carbons (Fsp3) is 0.556. The number of methoxy groups -OCH3 is 1. The zero-order valence-corrected chi connectivity index (χ0v) is 18.4. The van der Waals surface area contributed by atoms with Crippen molar-refractivity contribution in [3.63, 3.8) is 0 Å². The largest absolute Gasteiger partial charge is 0.496 e. The molecule has 0 fully saturated rings. The number of rotatable bonds is 7. The van der Waals surface area contributed by atoms with E-state index in [-0.39, 0.29) is 36.4 Å². The van der Waals surface area contributed by atoms with E-state index in [1.165, 1.54) is 0 Å². The zero-order valence-electron chi connectivity index (χ0n) is 16.1. The molecule has 0 saturated heterocycles. The number of hydrogen-bond donors (Lipinski definition) is 1. The molecule has 1 rings (SSSR count). The van der Waals surface area contributed by atoms with E-state index in [9.17, 15) is 4.79 Å². The summed E-state index contributed by atoms with van der Waals surface area (Å²) in [6.07, 6.45) is 0. The van der Waals surface area contributed by atoms with Gasteiger partial charge < -0.3 is 19.9 Å². The number of halogens is 1. The molecule has 0 aliphatic heterocycles. The maximum Gasteiger partial charge on any atom is 0.243 e. The van der Waals surface area contributed by atoms with Gasteiger partial charge in [-0.15, -0.1) is 24.0 Å². The molecule has 1 N–H and O–H groups in total. The highest BCUT2D eigenvalue weighted by Crippen LogP contribution is 2.18. The van der Waals surface area contributed by atoms with E-state index in [1.54, 1.807) is 26.1 Å². The first-order valence-electron chi connectivity index (χ1n) is 8.16. The summed E-state index contributed by atoms with van der Waals surface area (Å²) >= 11 is 0. The molecule has 0 atom stereocenters. The Kier molecular flexibility index (Phi) is 11.2. The summed E-state index contributed by atoms with van der Waals surface area (Å²) in [6.45, 7) is 5.84. The highest BCUT2D eigenvalue weighted by Gasteiger charge is 2.12. The topological polar surface area (TPSA) is 57.2 Å². The summed E-state index contributed by atoms with van der Waals surface area (Å²) in [4.78, 5) is 19.8. The number of benzene rings is 1. The molecule has 6 nitrogen and oxygen atoms in total. The predicted molar refractivity (Wildman–Crippen MR) is 114 cm³/mol. The van der Waals surface area contributed by atoms with Crippen LogP contribution in [-0.4, -0.2) is 63.0 Å². The van der Waals surface area contributed by atoms with Crippen LogP contribution in [0.2, 0.25) is 0 Å². The van der Waals surface area contributed by atoms with Gasteiger partial charge in [-0.3, -0.25) is 4.79 Å². The molecule has 0 unspecified atom stereocenters. The summed E-state index contributed by atoms with van der Waals surface area (Å²) in [7, 11) is 7.09. The van der Waals surface area contributed by atoms with E-state index in [4.69, 9.17) is 4.74 Å². The Balaban J connectivity index is 0.00000576. The first-order chi connectivity index (χ1) is 11.3. The number of nitrogens with zero attached hydrogens (tertiary/aromatic N) is 3. The van der Waals surface area contributed by atoms with Gasteiger partial charge in [-0.2, -0.15) is 0 Å². The highest BCUT2D eigenvalue weighted by molar-refractivity contribution is 14.0. The van der Waals surface area contributed by atoms with Crippen LogP contribution < -0.4 is 10.1 Å². The van der Waals surface area contributed by atoms with Gasteiger partial charge in [0.15, 0.2) is 5.96 Å². The number of carbonyl (C=O) groups excluding carboxylic acids is 1. The van der Waals surface area contributed by atoms with Crippen LogP contribution in [0.3, 0.4) is 0 Å². The Hall–Kier alpha value is -1.51. The average Bonchev–Trinajstić information content (AvgIpc) is 2.54. The molecule has 0 spiro atoms. The molecule has 0 aliphatic carbocycles. The molecule has 0 radical (unpaired) electrons. The van der Waals surface area contributed by atoms with Crippen molar-refractivity contribution in [1.29, 1.82) is 0 Å². The van der Waals surface area contributed by atoms with Gasteiger partial charge in [0.1, 0.15) is 12.3 Å². The lowest BCUT2D eigenvalue weighted by atomic mass is 10.2. The third-order valence-corrected chi connectivity index (χ3v) is 3.49. The third kappa shape index (κ3) is 8.42. The van der Waals surface area contributed by atoms with Gasteiger partial charge in [-0.25, -0.2) is 4.99 Å². The monoisotopic (exact) mass is 462 g/mol. The van der Waals surface area contributed by atoms with Crippen LogP contribution in [0.25, 0.3) is 0 Å². The lowest BCUT2D eigenvalue weighted by molar-refractivity contribution is -0.127. The molecule has 0 bridgehead atoms. The van der Waals surface area contributed by atoms with Crippen molar-refractivity contribution in [2.45, 2.75) is 20.4 Å². The summed E-state index contributed by atoms with van der Waals surface area (Å²) in [5.41, 5.74) is 1.07. The molecule has 25 heavy (non-hydrogen) atoms. The number of ether oxygens (including phenoxy) is 1. The molecule has 1 aromatic rings. The predicted octanol–water partition coefficient (Wildman–Crippen LogP) is 2.43. The van der Waals surface area contributed by atoms with E-state index in [0.717, 1.165) is 17.9 Å². The maximum atomic E-state index is 11.8. The number of guanidine groups is 1. The molecule has 142 valence electrons. The van der Waals surface area contributed by atoms with Gasteiger partial charge in [-0.05, 0) is 12.0 Å². The normalized spacial score (nSPS) is 10.9. The Morgan fingerprint density at radius 3 is 2.44 bits per heavy atom. The average molecular weight is 462 g/mol. The van der Waals surface area contributed by atoms with Gasteiger partial charge in [0.05, 0.1) is 7.11 Å². The van der Waals surface area contributed by atoms with E-state index in [0.29, 0.717) is 18.4 Å². The Morgan fingerprint density at radius 2 is 1.88 bits per heavy atom. The molecule has 1 aromatic carbocycles. The van der Waals surface area contributed by atoms with E-state index in [1.807, 2.05) is 36.2 Å². The second-order valence-electron chi connectivity index (χ2n) is 6.37. The fourth-order valence-electron chi connectivity index (χ4n) is 2.05. The van der Waals surface area contributed by atoms with Crippen LogP contribution in [-0.2, 0) is 11.3 Å². The molecule has 7 heteroatoms. The van der Waals surface area contributed by atoms with Crippen molar-refractivity contribution in [2.24, 2.45) is 10.9 Å². The maximum absolute atomic E-state index is 11.8. The van der Waals surface area contributed by atoms with Gasteiger partial charge >= 0.3 is 0 Å². The lowest BCUT2D eigenvalue weighted by Crippen LogP contribution is -2.41. The number of aliphatic imine (C=N–C) groups is 1. The van der Waals surface area contributed by atoms with Crippen molar-refractivity contribution < 1.29 is 9.53 Å². The Labute approximate surface area is 168 Å². The summed E-state index contributed by atoms with van der Waals surface area (Å²) in [6, 6.07) is 7.90. The van der Waals surface area contributed by atoms with Crippen molar-refractivity contribution in [3.8, 4) is 5.75 Å². The molecular formula is C18H31IN4O2. The van der Waals surface area contributed by atoms with Crippen LogP contribution in [0.15, 0.2) is 29.3 Å². The molecular weight excluding hydrogens is 431 g/mol. The molecule has 0 heterocycles. The van der Waals surface area contributed by atoms with Crippen LogP contribution in [0, 0.1) is 5.92 Å². The highest BCUT2D eigenvalue weighted by atomic mass is 127. The quantitative estimate of drug-likeness (QED) is 0.384. The first kappa shape index (κ1) is 23.5. The van der Waals surface area contributed by atoms with Crippen molar-refractivity contribution in [1.82, 2.24) is 15.1 Å². The minimum atomic E-state index is -0.0236. The van der Waals surface area contributed by atoms with Gasteiger partial charge in [-0.1, -0.05) is 32.0 Å². The van der Waals surface area contributed by atoms with Crippen LogP contribution >= 0.6 is 24.0 Å². The second kappa shape index (κ2) is 11.9. The van der Waals surface area contributed by atoms with Crippen molar-refractivity contribution >= 4 is 35.8 Å². The van der Waals surface area contributed by atoms with Crippen molar-refractivity contribution in [2.75, 3.05) is 41.3 Å². The first-order valence-corrected chi connectivity index (χ1v) is 8.16. The Bertz CT molecular complexity index is 562. The minimum absolute atomic E-state index is 0. The molecule has 0 aliphatic rings. The SMILES string of the molecule is COc1ccccc1CN(C)C(=NCC(=O)N(C)C)NCC(C)C.I. The third-order valence-electron chi connectivity index (χ3n) is 3.49. The van der Waals surface area contributed by atoms with Gasteiger partial charge in [0.25, 0.3) is 0 Å². The standard InChI is InChI=1S/C18H30N4O2.HI/c1-14(2)11-19-18(20-12-17(23)21(3)4)22(5)13-15-9-7-8-10-16(15)24-6;/h7-10,14H,11-13H2,1-6H3,(H,19,20);1H. The number of likely N-dealkylation sites (N-methyl/N-ethyl adjacent to an activating group) is 1. The van der Waals surface area contributed by atoms with Crippen LogP contribution in [0.1, 0.15) is 19.4 Å². The number of para-hydroxylation sites is 1. The van der Waals surface area contributed by atoms with Crippen molar-refractivity contribution in [3.05, 3.63) is 29.8 Å². The van der Waals surface area contributed by atoms with Crippen LogP contribution in [0.4, 0.5) is 0 Å². The summed E-state index contributed by atoms with van der Waals surface area (Å²) in [5.74, 6) is 2.02. The summed E-state index contributed by atoms with van der Waals surface area (Å²) < 4.78 is 5.41. The van der Waals surface area contributed by atoms with E-state index >= 15 is 0 Å². The second-order valence-corrected chi connectivity index (χ2v) is 6.37. The number of hydrogen-bond acceptors (Lipinski definition) is 3. The lowest BCUT2D eigenvalue weighted by Gasteiger charge is -2.24. The summed E-state index contributed by atoms with van der Waals surface area (Å²) in [5, 5.41) is 3.34. The van der Waals surface area contributed by atoms with E-state index < -0.39 is 0 Å². The number of amides is 1. The fourth-order valence-corrected chi connectivity index (χ4v) is 2.05. The number of nitrogens with one attached hydrogen (secondary N) is 1. The molecule has 0 aromatic heterocycles. The smallest absolute Gasteiger partial charge is 0.243 e. The van der Waals surface area contributed by atoms with E-state index in [2.05, 4.69) is 24.2 Å². The minimum Gasteiger partial charge on any atom is -0.496 e. The number of carbonyl (C=O) groups is 1. The van der Waals surface area contributed by atoms with Gasteiger partial charge in [0.2, 0.25) is 5.91 Å². The Morgan fingerprint density at radius 1 is 1.24 bits per heavy atom. The molecule has 1 amide bonds. The van der Waals surface area contributed by atoms with Gasteiger partial charge in [0, 0.05) is 39.8 Å². The van der Waals surface area contributed by atoms with Crippen LogP contribution in [0.5, 0.6) is 5.75 Å².